The van der Waals surface area contributed by atoms with Crippen LogP contribution in [0.3, 0.4) is 0 Å². The van der Waals surface area contributed by atoms with Gasteiger partial charge in [0, 0.05) is 32.7 Å². The Morgan fingerprint density at radius 3 is 2.61 bits per heavy atom. The lowest BCUT2D eigenvalue weighted by Gasteiger charge is -2.35. The number of nitrogens with zero attached hydrogens (tertiary/aromatic N) is 2. The van der Waals surface area contributed by atoms with Crippen LogP contribution >= 0.6 is 0 Å². The van der Waals surface area contributed by atoms with Crippen LogP contribution in [0.15, 0.2) is 24.3 Å². The lowest BCUT2D eigenvalue weighted by atomic mass is 10.2. The molecule has 1 atom stereocenters. The maximum absolute atomic E-state index is 13.4. The van der Waals surface area contributed by atoms with Crippen LogP contribution in [-0.4, -0.2) is 66.2 Å². The van der Waals surface area contributed by atoms with Crippen molar-refractivity contribution in [3.63, 3.8) is 0 Å². The first-order valence-corrected chi connectivity index (χ1v) is 8.19. The van der Waals surface area contributed by atoms with Crippen LogP contribution in [0.5, 0.6) is 5.75 Å². The van der Waals surface area contributed by atoms with Gasteiger partial charge in [-0.25, -0.2) is 4.39 Å². The molecule has 1 N–H and O–H groups in total. The molecule has 0 radical (unpaired) electrons. The fourth-order valence-corrected chi connectivity index (χ4v) is 2.87. The van der Waals surface area contributed by atoms with Crippen LogP contribution in [0.2, 0.25) is 0 Å². The smallest absolute Gasteiger partial charge is 0.260 e. The number of aliphatic hydroxyl groups excluding tert-OH is 1. The molecule has 1 heterocycles. The number of hydrogen-bond acceptors (Lipinski definition) is 4. The predicted molar refractivity (Wildman–Crippen MR) is 83.6 cm³/mol. The van der Waals surface area contributed by atoms with Crippen molar-refractivity contribution in [1.29, 1.82) is 0 Å². The highest BCUT2D eigenvalue weighted by atomic mass is 19.1. The van der Waals surface area contributed by atoms with Gasteiger partial charge in [0.05, 0.1) is 6.10 Å². The van der Waals surface area contributed by atoms with Crippen molar-refractivity contribution in [2.45, 2.75) is 18.9 Å². The molecule has 6 heteroatoms. The number of para-hydroxylation sites is 1. The minimum Gasteiger partial charge on any atom is -0.481 e. The molecule has 1 aliphatic carbocycles. The molecular formula is C17H23FN2O3. The lowest BCUT2D eigenvalue weighted by molar-refractivity contribution is -0.135. The fourth-order valence-electron chi connectivity index (χ4n) is 2.87. The lowest BCUT2D eigenvalue weighted by Crippen LogP contribution is -2.51. The van der Waals surface area contributed by atoms with E-state index in [2.05, 4.69) is 4.90 Å². The SMILES string of the molecule is O=C(COc1ccccc1F)N1CCN(C[C@@H](O)C2CC2)CC1. The van der Waals surface area contributed by atoms with E-state index in [1.165, 1.54) is 12.1 Å². The number of amides is 1. The molecule has 1 saturated heterocycles. The number of carbonyl (C=O) groups excluding carboxylic acids is 1. The summed E-state index contributed by atoms with van der Waals surface area (Å²) in [5.41, 5.74) is 0. The van der Waals surface area contributed by atoms with Gasteiger partial charge in [0.1, 0.15) is 0 Å². The molecule has 2 aliphatic rings. The standard InChI is InChI=1S/C17H23FN2O3/c18-14-3-1-2-4-16(14)23-12-17(22)20-9-7-19(8-10-20)11-15(21)13-5-6-13/h1-4,13,15,21H,5-12H2/t15-/m1/s1. The van der Waals surface area contributed by atoms with Gasteiger partial charge in [0.2, 0.25) is 0 Å². The van der Waals surface area contributed by atoms with Gasteiger partial charge in [-0.05, 0) is 30.9 Å². The van der Waals surface area contributed by atoms with Gasteiger partial charge >= 0.3 is 0 Å². The molecule has 1 saturated carbocycles. The van der Waals surface area contributed by atoms with Crippen LogP contribution in [0.25, 0.3) is 0 Å². The molecule has 1 aromatic rings. The third-order valence-corrected chi connectivity index (χ3v) is 4.52. The van der Waals surface area contributed by atoms with Gasteiger partial charge in [0.25, 0.3) is 5.91 Å². The molecule has 2 fully saturated rings. The fraction of sp³-hybridized carbons (Fsp3) is 0.588. The van der Waals surface area contributed by atoms with Crippen LogP contribution in [0, 0.1) is 11.7 Å². The number of benzene rings is 1. The highest BCUT2D eigenvalue weighted by molar-refractivity contribution is 5.77. The summed E-state index contributed by atoms with van der Waals surface area (Å²) in [5, 5.41) is 9.97. The maximum Gasteiger partial charge on any atom is 0.260 e. The van der Waals surface area contributed by atoms with Crippen LogP contribution in [-0.2, 0) is 4.79 Å². The summed E-state index contributed by atoms with van der Waals surface area (Å²) < 4.78 is 18.7. The zero-order valence-corrected chi connectivity index (χ0v) is 13.2. The second kappa shape index (κ2) is 7.27. The summed E-state index contributed by atoms with van der Waals surface area (Å²) >= 11 is 0. The van der Waals surface area contributed by atoms with Crippen molar-refractivity contribution in [3.8, 4) is 5.75 Å². The number of halogens is 1. The van der Waals surface area contributed by atoms with Gasteiger partial charge in [-0.2, -0.15) is 0 Å². The van der Waals surface area contributed by atoms with Crippen molar-refractivity contribution in [3.05, 3.63) is 30.1 Å². The Kier molecular flexibility index (Phi) is 5.13. The van der Waals surface area contributed by atoms with Crippen molar-refractivity contribution in [2.75, 3.05) is 39.3 Å². The van der Waals surface area contributed by atoms with Gasteiger partial charge in [-0.3, -0.25) is 9.69 Å². The Labute approximate surface area is 135 Å². The van der Waals surface area contributed by atoms with Crippen molar-refractivity contribution >= 4 is 5.91 Å². The second-order valence-electron chi connectivity index (χ2n) is 6.31. The van der Waals surface area contributed by atoms with Gasteiger partial charge in [0.15, 0.2) is 18.2 Å². The van der Waals surface area contributed by atoms with Crippen molar-refractivity contribution < 1.29 is 19.0 Å². The van der Waals surface area contributed by atoms with E-state index in [1.807, 2.05) is 0 Å². The monoisotopic (exact) mass is 322 g/mol. The highest BCUT2D eigenvalue weighted by Gasteiger charge is 2.32. The zero-order valence-electron chi connectivity index (χ0n) is 13.2. The van der Waals surface area contributed by atoms with E-state index in [0.29, 0.717) is 25.6 Å². The molecule has 0 bridgehead atoms. The normalized spacial score (nSPS) is 20.3. The van der Waals surface area contributed by atoms with Gasteiger partial charge < -0.3 is 14.7 Å². The molecule has 0 unspecified atom stereocenters. The van der Waals surface area contributed by atoms with Crippen LogP contribution < -0.4 is 4.74 Å². The van der Waals surface area contributed by atoms with E-state index < -0.39 is 5.82 Å². The van der Waals surface area contributed by atoms with Crippen LogP contribution in [0.1, 0.15) is 12.8 Å². The Bertz CT molecular complexity index is 542. The molecule has 23 heavy (non-hydrogen) atoms. The molecule has 1 aromatic carbocycles. The highest BCUT2D eigenvalue weighted by Crippen LogP contribution is 2.32. The quantitative estimate of drug-likeness (QED) is 0.853. The third kappa shape index (κ3) is 4.42. The summed E-state index contributed by atoms with van der Waals surface area (Å²) in [6.45, 7) is 3.31. The predicted octanol–water partition coefficient (Wildman–Crippen LogP) is 1.12. The molecule has 3 rings (SSSR count). The summed E-state index contributed by atoms with van der Waals surface area (Å²) in [6, 6.07) is 6.08. The minimum absolute atomic E-state index is 0.104. The summed E-state index contributed by atoms with van der Waals surface area (Å²) in [7, 11) is 0. The summed E-state index contributed by atoms with van der Waals surface area (Å²) in [4.78, 5) is 16.1. The van der Waals surface area contributed by atoms with Gasteiger partial charge in [-0.15, -0.1) is 0 Å². The van der Waals surface area contributed by atoms with Crippen LogP contribution in [0.4, 0.5) is 4.39 Å². The zero-order chi connectivity index (χ0) is 16.2. The number of carbonyl (C=O) groups is 1. The Morgan fingerprint density at radius 2 is 1.96 bits per heavy atom. The molecular weight excluding hydrogens is 299 g/mol. The molecule has 1 aliphatic heterocycles. The summed E-state index contributed by atoms with van der Waals surface area (Å²) in [5.74, 6) is -0.00861. The molecule has 1 amide bonds. The van der Waals surface area contributed by atoms with Crippen molar-refractivity contribution in [2.24, 2.45) is 5.92 Å². The number of rotatable bonds is 6. The first kappa shape index (κ1) is 16.2. The molecule has 5 nitrogen and oxygen atoms in total. The molecule has 0 aromatic heterocycles. The van der Waals surface area contributed by atoms with Crippen molar-refractivity contribution in [1.82, 2.24) is 9.80 Å². The average molecular weight is 322 g/mol. The van der Waals surface area contributed by atoms with E-state index in [9.17, 15) is 14.3 Å². The Balaban J connectivity index is 1.40. The number of piperazine rings is 1. The average Bonchev–Trinajstić information content (AvgIpc) is 3.39. The first-order valence-electron chi connectivity index (χ1n) is 8.19. The summed E-state index contributed by atoms with van der Waals surface area (Å²) in [6.07, 6.45) is 2.03. The minimum atomic E-state index is -0.459. The largest absolute Gasteiger partial charge is 0.481 e. The van der Waals surface area contributed by atoms with E-state index >= 15 is 0 Å². The van der Waals surface area contributed by atoms with Gasteiger partial charge in [-0.1, -0.05) is 12.1 Å². The molecule has 126 valence electrons. The van der Waals surface area contributed by atoms with E-state index in [-0.39, 0.29) is 24.4 Å². The number of β-amino-alcohol motifs (C(OH)–C–C–N with tert-alkyl or cyclic N) is 1. The second-order valence-corrected chi connectivity index (χ2v) is 6.31. The van der Waals surface area contributed by atoms with E-state index in [1.54, 1.807) is 17.0 Å². The molecule has 0 spiro atoms. The Morgan fingerprint density at radius 1 is 1.26 bits per heavy atom. The number of ether oxygens (including phenoxy) is 1. The number of hydrogen-bond donors (Lipinski definition) is 1. The van der Waals surface area contributed by atoms with E-state index in [4.69, 9.17) is 4.74 Å². The third-order valence-electron chi connectivity index (χ3n) is 4.52. The van der Waals surface area contributed by atoms with E-state index in [0.717, 1.165) is 25.9 Å². The number of aliphatic hydroxyl groups is 1. The maximum atomic E-state index is 13.4. The topological polar surface area (TPSA) is 53.0 Å². The first-order chi connectivity index (χ1) is 11.1. The Hall–Kier alpha value is -1.66.